The summed E-state index contributed by atoms with van der Waals surface area (Å²) in [6.07, 6.45) is -4.73. The van der Waals surface area contributed by atoms with Crippen LogP contribution in [0.1, 0.15) is 26.7 Å². The molecule has 0 atom stereocenters. The van der Waals surface area contributed by atoms with Crippen LogP contribution in [0.3, 0.4) is 0 Å². The van der Waals surface area contributed by atoms with E-state index in [1.54, 1.807) is 54.6 Å². The number of nitrogens with two attached hydrogens (primary N) is 1. The smallest absolute Gasteiger partial charge is 0.365 e. The van der Waals surface area contributed by atoms with Crippen LogP contribution in [0.4, 0.5) is 18.2 Å². The molecular weight excluding hydrogens is 469 g/mol. The number of nitrogens with one attached hydrogen (secondary N) is 1. The van der Waals surface area contributed by atoms with Crippen LogP contribution in [0, 0.1) is 0 Å². The van der Waals surface area contributed by atoms with E-state index in [4.69, 9.17) is 5.73 Å². The molecule has 0 bridgehead atoms. The number of anilines is 1. The fraction of sp³-hybridized carbons (Fsp3) is 0.0455. The van der Waals surface area contributed by atoms with Gasteiger partial charge in [-0.3, -0.25) is 9.59 Å². The Bertz CT molecular complexity index is 1580. The number of amides is 2. The maximum Gasteiger partial charge on any atom is 0.433 e. The zero-order chi connectivity index (χ0) is 24.0. The van der Waals surface area contributed by atoms with Crippen molar-refractivity contribution in [3.8, 4) is 11.3 Å². The van der Waals surface area contributed by atoms with E-state index in [0.717, 1.165) is 26.6 Å². The summed E-state index contributed by atoms with van der Waals surface area (Å²) in [7, 11) is 0. The van der Waals surface area contributed by atoms with Gasteiger partial charge >= 0.3 is 6.18 Å². The zero-order valence-electron chi connectivity index (χ0n) is 17.0. The summed E-state index contributed by atoms with van der Waals surface area (Å²) in [6, 6.07) is 16.0. The van der Waals surface area contributed by atoms with Gasteiger partial charge in [-0.05, 0) is 12.1 Å². The second kappa shape index (κ2) is 7.92. The number of thiophene rings is 1. The van der Waals surface area contributed by atoms with Gasteiger partial charge in [-0.1, -0.05) is 48.5 Å². The number of nitrogens with zero attached hydrogens (tertiary/aromatic N) is 4. The van der Waals surface area contributed by atoms with Crippen LogP contribution in [0.2, 0.25) is 0 Å². The minimum Gasteiger partial charge on any atom is -0.365 e. The van der Waals surface area contributed by atoms with Crippen molar-refractivity contribution in [1.29, 1.82) is 0 Å². The van der Waals surface area contributed by atoms with Crippen LogP contribution in [-0.4, -0.2) is 31.4 Å². The second-order valence-corrected chi connectivity index (χ2v) is 8.21. The van der Waals surface area contributed by atoms with E-state index in [2.05, 4.69) is 20.4 Å². The number of carbonyl (C=O) groups is 2. The van der Waals surface area contributed by atoms with Gasteiger partial charge in [0.25, 0.3) is 17.6 Å². The monoisotopic (exact) mass is 482 g/mol. The van der Waals surface area contributed by atoms with Gasteiger partial charge in [-0.25, -0.2) is 4.98 Å². The Hall–Kier alpha value is -4.32. The Balaban J connectivity index is 1.60. The number of hydrogen-bond donors (Lipinski definition) is 2. The molecule has 3 N–H and O–H groups in total. The van der Waals surface area contributed by atoms with Crippen LogP contribution in [0.25, 0.3) is 27.1 Å². The van der Waals surface area contributed by atoms with Gasteiger partial charge in [-0.2, -0.15) is 22.7 Å². The Morgan fingerprint density at radius 2 is 1.71 bits per heavy atom. The van der Waals surface area contributed by atoms with Crippen molar-refractivity contribution in [1.82, 2.24) is 19.6 Å². The van der Waals surface area contributed by atoms with Crippen molar-refractivity contribution in [3.05, 3.63) is 77.7 Å². The van der Waals surface area contributed by atoms with E-state index in [1.165, 1.54) is 0 Å². The van der Waals surface area contributed by atoms with Gasteiger partial charge in [0, 0.05) is 15.6 Å². The average molecular weight is 482 g/mol. The minimum atomic E-state index is -4.73. The quantitative estimate of drug-likeness (QED) is 0.395. The van der Waals surface area contributed by atoms with E-state index < -0.39 is 35.3 Å². The van der Waals surface area contributed by atoms with E-state index in [1.807, 2.05) is 0 Å². The van der Waals surface area contributed by atoms with Gasteiger partial charge in [0.15, 0.2) is 5.69 Å². The Morgan fingerprint density at radius 3 is 2.41 bits per heavy atom. The molecule has 0 spiro atoms. The molecule has 170 valence electrons. The second-order valence-electron chi connectivity index (χ2n) is 7.16. The maximum atomic E-state index is 13.4. The molecular formula is C22H13F3N6O2S. The first-order chi connectivity index (χ1) is 16.2. The van der Waals surface area contributed by atoms with Crippen molar-refractivity contribution in [2.24, 2.45) is 5.73 Å². The highest BCUT2D eigenvalue weighted by Crippen LogP contribution is 2.36. The lowest BCUT2D eigenvalue weighted by molar-refractivity contribution is -0.141. The maximum absolute atomic E-state index is 13.4. The molecule has 0 aliphatic heterocycles. The van der Waals surface area contributed by atoms with E-state index >= 15 is 0 Å². The summed E-state index contributed by atoms with van der Waals surface area (Å²) < 4.78 is 42.1. The number of aromatic nitrogens is 4. The predicted octanol–water partition coefficient (Wildman–Crippen LogP) is 4.38. The summed E-state index contributed by atoms with van der Waals surface area (Å²) in [5.41, 5.74) is 4.95. The molecule has 2 amide bonds. The molecule has 3 heterocycles. The lowest BCUT2D eigenvalue weighted by atomic mass is 10.1. The van der Waals surface area contributed by atoms with Gasteiger partial charge in [0.2, 0.25) is 5.82 Å². The van der Waals surface area contributed by atoms with Crippen LogP contribution in [-0.2, 0) is 6.18 Å². The zero-order valence-corrected chi connectivity index (χ0v) is 17.8. The van der Waals surface area contributed by atoms with Gasteiger partial charge in [0.05, 0.1) is 11.3 Å². The van der Waals surface area contributed by atoms with E-state index in [0.29, 0.717) is 10.9 Å². The first kappa shape index (κ1) is 21.5. The molecule has 34 heavy (non-hydrogen) atoms. The number of primary amides is 1. The predicted molar refractivity (Wildman–Crippen MR) is 120 cm³/mol. The molecule has 5 aromatic rings. The molecule has 0 aliphatic rings. The SMILES string of the molecule is NC(=O)c1c(NC(=O)c2nc3nc(C(F)(F)F)cc(-c4ccccc4)n3n2)sc2ccccc12. The molecule has 0 fully saturated rings. The van der Waals surface area contributed by atoms with Crippen molar-refractivity contribution in [2.75, 3.05) is 5.32 Å². The highest BCUT2D eigenvalue weighted by Gasteiger charge is 2.34. The topological polar surface area (TPSA) is 115 Å². The Morgan fingerprint density at radius 1 is 1.00 bits per heavy atom. The lowest BCUT2D eigenvalue weighted by Crippen LogP contribution is -2.17. The molecule has 12 heteroatoms. The van der Waals surface area contributed by atoms with E-state index in [9.17, 15) is 22.8 Å². The molecule has 0 aliphatic carbocycles. The number of alkyl halides is 3. The molecule has 5 rings (SSSR count). The van der Waals surface area contributed by atoms with Crippen molar-refractivity contribution in [2.45, 2.75) is 6.18 Å². The largest absolute Gasteiger partial charge is 0.433 e. The number of rotatable bonds is 4. The van der Waals surface area contributed by atoms with Crippen molar-refractivity contribution in [3.63, 3.8) is 0 Å². The van der Waals surface area contributed by atoms with Crippen LogP contribution in [0.15, 0.2) is 60.7 Å². The average Bonchev–Trinajstić information content (AvgIpc) is 3.39. The van der Waals surface area contributed by atoms with Crippen molar-refractivity contribution >= 4 is 44.0 Å². The lowest BCUT2D eigenvalue weighted by Gasteiger charge is -2.09. The summed E-state index contributed by atoms with van der Waals surface area (Å²) in [5, 5.41) is 7.40. The molecule has 3 aromatic heterocycles. The molecule has 0 saturated carbocycles. The molecule has 0 radical (unpaired) electrons. The highest BCUT2D eigenvalue weighted by atomic mass is 32.1. The third-order valence-electron chi connectivity index (χ3n) is 4.94. The van der Waals surface area contributed by atoms with Crippen LogP contribution < -0.4 is 11.1 Å². The minimum absolute atomic E-state index is 0.0594. The van der Waals surface area contributed by atoms with Crippen molar-refractivity contribution < 1.29 is 22.8 Å². The third-order valence-corrected chi connectivity index (χ3v) is 6.03. The molecule has 0 saturated heterocycles. The number of halogens is 3. The number of hydrogen-bond acceptors (Lipinski definition) is 6. The normalized spacial score (nSPS) is 11.7. The fourth-order valence-electron chi connectivity index (χ4n) is 3.46. The summed E-state index contributed by atoms with van der Waals surface area (Å²) in [5.74, 6) is -2.38. The first-order valence-corrected chi connectivity index (χ1v) is 10.6. The van der Waals surface area contributed by atoms with Gasteiger partial charge < -0.3 is 11.1 Å². The molecule has 0 unspecified atom stereocenters. The summed E-state index contributed by atoms with van der Waals surface area (Å²) in [6.45, 7) is 0. The van der Waals surface area contributed by atoms with Crippen LogP contribution >= 0.6 is 11.3 Å². The standard InChI is InChI=1S/C22H13F3N6O2S/c23-22(24,25)15-10-13(11-6-2-1-3-7-11)31-21(27-15)28-18(30-31)19(33)29-20-16(17(26)32)12-8-4-5-9-14(12)34-20/h1-10H,(H2,26,32)(H,29,33). The third kappa shape index (κ3) is 3.73. The van der Waals surface area contributed by atoms with E-state index in [-0.39, 0.29) is 16.3 Å². The summed E-state index contributed by atoms with van der Waals surface area (Å²) >= 11 is 1.13. The number of carbonyl (C=O) groups excluding carboxylic acids is 2. The first-order valence-electron chi connectivity index (χ1n) is 9.75. The Labute approximate surface area is 192 Å². The fourth-order valence-corrected chi connectivity index (χ4v) is 4.56. The summed E-state index contributed by atoms with van der Waals surface area (Å²) in [4.78, 5) is 32.4. The number of fused-ring (bicyclic) bond motifs is 2. The molecule has 2 aromatic carbocycles. The van der Waals surface area contributed by atoms with Gasteiger partial charge in [-0.15, -0.1) is 16.4 Å². The Kier molecular flexibility index (Phi) is 5.01. The molecule has 8 nitrogen and oxygen atoms in total. The van der Waals surface area contributed by atoms with Crippen LogP contribution in [0.5, 0.6) is 0 Å². The van der Waals surface area contributed by atoms with Gasteiger partial charge in [0.1, 0.15) is 5.00 Å². The highest BCUT2D eigenvalue weighted by molar-refractivity contribution is 7.23. The number of benzene rings is 2.